The van der Waals surface area contributed by atoms with Crippen LogP contribution in [0.3, 0.4) is 0 Å². The maximum Gasteiger partial charge on any atom is 0.308 e. The maximum atomic E-state index is 13.8. The first-order valence-corrected chi connectivity index (χ1v) is 14.8. The highest BCUT2D eigenvalue weighted by molar-refractivity contribution is 8.00. The molecule has 1 fully saturated rings. The number of carbonyl (C=O) groups excluding carboxylic acids is 3. The SMILES string of the molecule is O=C(Cn1c2c(sc1=O)C(c1cccs1)C1C(=O)N(c3ccc([N+](=O)[O-])cc3)C(=O)C1S2)Nc1ccc(Cl)cc1. The zero-order chi connectivity index (χ0) is 28.1. The van der Waals surface area contributed by atoms with Gasteiger partial charge in [0.1, 0.15) is 11.8 Å². The van der Waals surface area contributed by atoms with Gasteiger partial charge in [0.05, 0.1) is 21.6 Å². The lowest BCUT2D eigenvalue weighted by Gasteiger charge is -2.29. The highest BCUT2D eigenvalue weighted by Crippen LogP contribution is 2.54. The number of nitro groups is 1. The number of aromatic nitrogens is 1. The second kappa shape index (κ2) is 10.3. The smallest absolute Gasteiger partial charge is 0.308 e. The number of halogens is 1. The van der Waals surface area contributed by atoms with Crippen molar-refractivity contribution in [1.82, 2.24) is 4.57 Å². The number of imide groups is 1. The second-order valence-electron chi connectivity index (χ2n) is 9.02. The summed E-state index contributed by atoms with van der Waals surface area (Å²) in [4.78, 5) is 66.2. The van der Waals surface area contributed by atoms with Crippen molar-refractivity contribution in [2.45, 2.75) is 22.7 Å². The fraction of sp³-hybridized carbons (Fsp3) is 0.154. The van der Waals surface area contributed by atoms with E-state index in [4.69, 9.17) is 11.6 Å². The number of amides is 3. The monoisotopic (exact) mass is 612 g/mol. The van der Waals surface area contributed by atoms with E-state index in [0.29, 0.717) is 20.6 Å². The maximum absolute atomic E-state index is 13.8. The van der Waals surface area contributed by atoms with Crippen LogP contribution in [0.25, 0.3) is 0 Å². The molecule has 1 N–H and O–H groups in total. The van der Waals surface area contributed by atoms with Gasteiger partial charge in [-0.1, -0.05) is 40.8 Å². The molecule has 0 saturated carbocycles. The van der Waals surface area contributed by atoms with Crippen LogP contribution in [0.5, 0.6) is 0 Å². The van der Waals surface area contributed by atoms with E-state index in [1.165, 1.54) is 40.2 Å². The average Bonchev–Trinajstić information content (AvgIpc) is 3.63. The van der Waals surface area contributed by atoms with Gasteiger partial charge in [-0.25, -0.2) is 4.90 Å². The Morgan fingerprint density at radius 3 is 2.40 bits per heavy atom. The number of nitro benzene ring substituents is 1. The number of benzene rings is 2. The van der Waals surface area contributed by atoms with E-state index in [9.17, 15) is 29.3 Å². The van der Waals surface area contributed by atoms with Gasteiger partial charge in [-0.05, 0) is 47.8 Å². The van der Waals surface area contributed by atoms with Crippen molar-refractivity contribution in [2.24, 2.45) is 5.92 Å². The van der Waals surface area contributed by atoms with Crippen molar-refractivity contribution in [3.63, 3.8) is 0 Å². The Morgan fingerprint density at radius 2 is 1.75 bits per heavy atom. The fourth-order valence-corrected chi connectivity index (χ4v) is 8.73. The minimum Gasteiger partial charge on any atom is -0.325 e. The summed E-state index contributed by atoms with van der Waals surface area (Å²) in [5.74, 6) is -2.68. The summed E-state index contributed by atoms with van der Waals surface area (Å²) in [6.07, 6.45) is 0. The van der Waals surface area contributed by atoms with Crippen LogP contribution in [0.1, 0.15) is 15.7 Å². The van der Waals surface area contributed by atoms with Crippen LogP contribution < -0.4 is 15.1 Å². The molecule has 202 valence electrons. The number of carbonyl (C=O) groups is 3. The van der Waals surface area contributed by atoms with Gasteiger partial charge in [0.25, 0.3) is 5.69 Å². The standard InChI is InChI=1S/C26H17ClN4O6S3/c27-13-3-5-14(6-4-13)28-18(32)12-29-25-22(40-26(29)35)19(17-2-1-11-38-17)20-21(39-25)24(34)30(23(20)33)15-7-9-16(10-8-15)31(36)37/h1-11,19-21H,12H2,(H,28,32). The number of fused-ring (bicyclic) bond motifs is 2. The number of nitrogens with zero attached hydrogens (tertiary/aromatic N) is 3. The molecule has 4 aromatic rings. The van der Waals surface area contributed by atoms with E-state index in [1.54, 1.807) is 24.3 Å². The molecule has 2 aliphatic rings. The lowest BCUT2D eigenvalue weighted by molar-refractivity contribution is -0.384. The van der Waals surface area contributed by atoms with Gasteiger partial charge in [0.15, 0.2) is 0 Å². The van der Waals surface area contributed by atoms with Crippen molar-refractivity contribution < 1.29 is 19.3 Å². The van der Waals surface area contributed by atoms with Gasteiger partial charge < -0.3 is 5.32 Å². The van der Waals surface area contributed by atoms with Crippen LogP contribution in [0.2, 0.25) is 5.02 Å². The molecule has 0 aliphatic carbocycles. The minimum absolute atomic E-state index is 0.158. The molecule has 0 spiro atoms. The minimum atomic E-state index is -0.845. The number of hydrogen-bond acceptors (Lipinski definition) is 9. The van der Waals surface area contributed by atoms with Gasteiger partial charge in [-0.2, -0.15) is 0 Å². The van der Waals surface area contributed by atoms with Gasteiger partial charge in [0, 0.05) is 38.5 Å². The Morgan fingerprint density at radius 1 is 1.02 bits per heavy atom. The third-order valence-corrected chi connectivity index (χ3v) is 10.5. The number of rotatable bonds is 6. The van der Waals surface area contributed by atoms with E-state index in [-0.39, 0.29) is 22.8 Å². The summed E-state index contributed by atoms with van der Waals surface area (Å²) in [5, 5.41) is 15.8. The summed E-state index contributed by atoms with van der Waals surface area (Å²) in [5.41, 5.74) is 0.601. The van der Waals surface area contributed by atoms with Crippen molar-refractivity contribution >= 4 is 80.8 Å². The van der Waals surface area contributed by atoms with Crippen LogP contribution in [-0.2, 0) is 20.9 Å². The van der Waals surface area contributed by atoms with Crippen LogP contribution in [0, 0.1) is 16.0 Å². The summed E-state index contributed by atoms with van der Waals surface area (Å²) >= 11 is 9.40. The highest BCUT2D eigenvalue weighted by atomic mass is 35.5. The quantitative estimate of drug-likeness (QED) is 0.185. The third-order valence-electron chi connectivity index (χ3n) is 6.65. The molecule has 0 radical (unpaired) electrons. The summed E-state index contributed by atoms with van der Waals surface area (Å²) in [7, 11) is 0. The van der Waals surface area contributed by atoms with Gasteiger partial charge >= 0.3 is 4.87 Å². The molecule has 4 heterocycles. The second-order valence-corrected chi connectivity index (χ2v) is 12.6. The van der Waals surface area contributed by atoms with Crippen LogP contribution in [-0.4, -0.2) is 32.5 Å². The van der Waals surface area contributed by atoms with Crippen molar-refractivity contribution in [3.05, 3.63) is 101 Å². The van der Waals surface area contributed by atoms with E-state index in [1.807, 2.05) is 17.5 Å². The van der Waals surface area contributed by atoms with E-state index >= 15 is 0 Å². The molecule has 3 amide bonds. The number of non-ortho nitro benzene ring substituents is 1. The average molecular weight is 613 g/mol. The topological polar surface area (TPSA) is 132 Å². The first-order valence-electron chi connectivity index (χ1n) is 11.8. The molecule has 40 heavy (non-hydrogen) atoms. The number of thioether (sulfide) groups is 1. The molecule has 6 rings (SSSR count). The zero-order valence-electron chi connectivity index (χ0n) is 20.2. The first-order chi connectivity index (χ1) is 19.2. The molecule has 2 aromatic carbocycles. The van der Waals surface area contributed by atoms with Crippen LogP contribution in [0.15, 0.2) is 75.9 Å². The van der Waals surface area contributed by atoms with E-state index < -0.39 is 39.7 Å². The van der Waals surface area contributed by atoms with E-state index in [2.05, 4.69) is 5.32 Å². The molecule has 14 heteroatoms. The van der Waals surface area contributed by atoms with Gasteiger partial charge in [-0.3, -0.25) is 33.9 Å². The Hall–Kier alpha value is -3.78. The molecule has 10 nitrogen and oxygen atoms in total. The van der Waals surface area contributed by atoms with Crippen molar-refractivity contribution in [2.75, 3.05) is 10.2 Å². The Bertz CT molecular complexity index is 1720. The van der Waals surface area contributed by atoms with Crippen molar-refractivity contribution in [3.8, 4) is 0 Å². The normalized spacial score (nSPS) is 19.8. The molecule has 1 saturated heterocycles. The van der Waals surface area contributed by atoms with Gasteiger partial charge in [-0.15, -0.1) is 11.3 Å². The Labute approximate surface area is 243 Å². The predicted molar refractivity (Wildman–Crippen MR) is 154 cm³/mol. The number of nitrogens with one attached hydrogen (secondary N) is 1. The van der Waals surface area contributed by atoms with Crippen LogP contribution in [0.4, 0.5) is 17.1 Å². The summed E-state index contributed by atoms with van der Waals surface area (Å²) in [6.45, 7) is -0.275. The number of anilines is 2. The summed E-state index contributed by atoms with van der Waals surface area (Å²) in [6, 6.07) is 15.5. The molecule has 3 atom stereocenters. The first kappa shape index (κ1) is 26.4. The highest BCUT2D eigenvalue weighted by Gasteiger charge is 2.57. The number of thiophene rings is 1. The molecular formula is C26H17ClN4O6S3. The molecule has 3 unspecified atom stereocenters. The third kappa shape index (κ3) is 4.54. The van der Waals surface area contributed by atoms with E-state index in [0.717, 1.165) is 32.9 Å². The lowest BCUT2D eigenvalue weighted by atomic mass is 9.87. The molecule has 2 aromatic heterocycles. The van der Waals surface area contributed by atoms with Crippen LogP contribution >= 0.6 is 46.0 Å². The lowest BCUT2D eigenvalue weighted by Crippen LogP contribution is -2.32. The Balaban J connectivity index is 1.36. The largest absolute Gasteiger partial charge is 0.325 e. The molecule has 0 bridgehead atoms. The molecule has 2 aliphatic heterocycles. The summed E-state index contributed by atoms with van der Waals surface area (Å²) < 4.78 is 1.35. The fourth-order valence-electron chi connectivity index (χ4n) is 4.89. The predicted octanol–water partition coefficient (Wildman–Crippen LogP) is 4.97. The zero-order valence-corrected chi connectivity index (χ0v) is 23.4. The number of hydrogen-bond donors (Lipinski definition) is 1. The Kier molecular flexibility index (Phi) is 6.82. The number of thiazole rings is 1. The van der Waals surface area contributed by atoms with Crippen molar-refractivity contribution in [1.29, 1.82) is 0 Å². The molecular weight excluding hydrogens is 596 g/mol. The van der Waals surface area contributed by atoms with Gasteiger partial charge in [0.2, 0.25) is 17.7 Å².